The summed E-state index contributed by atoms with van der Waals surface area (Å²) in [5, 5.41) is 1.87. The number of unbranched alkanes of at least 4 members (excludes halogenated alkanes) is 1. The number of aryl methyl sites for hydroxylation is 1. The molecule has 1 aromatic heterocycles. The number of benzene rings is 1. The fourth-order valence-corrected chi connectivity index (χ4v) is 2.64. The molecule has 0 fully saturated rings. The van der Waals surface area contributed by atoms with Crippen LogP contribution in [0.15, 0.2) is 35.7 Å². The van der Waals surface area contributed by atoms with E-state index in [4.69, 9.17) is 0 Å². The molecule has 0 aliphatic carbocycles. The van der Waals surface area contributed by atoms with Crippen LogP contribution < -0.4 is 0 Å². The van der Waals surface area contributed by atoms with Crippen LogP contribution in [-0.4, -0.2) is 0 Å². The first kappa shape index (κ1) is 18.4. The highest BCUT2D eigenvalue weighted by Gasteiger charge is 2.36. The van der Waals surface area contributed by atoms with Gasteiger partial charge in [-0.15, -0.1) is 11.3 Å². The van der Waals surface area contributed by atoms with Gasteiger partial charge in [-0.05, 0) is 48.1 Å². The Morgan fingerprint density at radius 2 is 1.54 bits per heavy atom. The maximum atomic E-state index is 12.7. The Kier molecular flexibility index (Phi) is 5.60. The zero-order chi connectivity index (χ0) is 17.8. The SMILES string of the molecule is FC(F)(F)c1cc(CCCC#Cc2cccs2)cc(C(F)(F)F)c1. The molecule has 24 heavy (non-hydrogen) atoms. The van der Waals surface area contributed by atoms with Gasteiger partial charge in [0.2, 0.25) is 0 Å². The predicted molar refractivity (Wildman–Crippen MR) is 80.6 cm³/mol. The molecule has 2 rings (SSSR count). The molecule has 0 radical (unpaired) electrons. The summed E-state index contributed by atoms with van der Waals surface area (Å²) in [4.78, 5) is 0.869. The fraction of sp³-hybridized carbons (Fsp3) is 0.294. The van der Waals surface area contributed by atoms with E-state index < -0.39 is 23.5 Å². The zero-order valence-corrected chi connectivity index (χ0v) is 13.1. The Morgan fingerprint density at radius 3 is 2.04 bits per heavy atom. The topological polar surface area (TPSA) is 0 Å². The van der Waals surface area contributed by atoms with Crippen molar-refractivity contribution in [3.8, 4) is 11.8 Å². The molecule has 0 aliphatic rings. The molecule has 128 valence electrons. The first-order valence-corrected chi connectivity index (χ1v) is 7.85. The first-order chi connectivity index (χ1) is 11.2. The molecule has 0 atom stereocenters. The number of rotatable bonds is 3. The summed E-state index contributed by atoms with van der Waals surface area (Å²) in [7, 11) is 0. The van der Waals surface area contributed by atoms with E-state index in [1.54, 1.807) is 0 Å². The first-order valence-electron chi connectivity index (χ1n) is 6.97. The summed E-state index contributed by atoms with van der Waals surface area (Å²) in [5.74, 6) is 5.75. The molecule has 1 aromatic carbocycles. The van der Waals surface area contributed by atoms with E-state index >= 15 is 0 Å². The van der Waals surface area contributed by atoms with Crippen molar-refractivity contribution in [3.63, 3.8) is 0 Å². The minimum Gasteiger partial charge on any atom is -0.166 e. The smallest absolute Gasteiger partial charge is 0.166 e. The molecule has 0 spiro atoms. The Hall–Kier alpha value is -1.94. The minimum atomic E-state index is -4.81. The molecule has 0 aliphatic heterocycles. The van der Waals surface area contributed by atoms with Crippen molar-refractivity contribution in [1.82, 2.24) is 0 Å². The summed E-state index contributed by atoms with van der Waals surface area (Å²) < 4.78 is 76.5. The van der Waals surface area contributed by atoms with Crippen LogP contribution in [-0.2, 0) is 18.8 Å². The van der Waals surface area contributed by atoms with Crippen molar-refractivity contribution in [1.29, 1.82) is 0 Å². The lowest BCUT2D eigenvalue weighted by atomic mass is 10.0. The highest BCUT2D eigenvalue weighted by molar-refractivity contribution is 7.10. The average molecular weight is 362 g/mol. The van der Waals surface area contributed by atoms with E-state index in [-0.39, 0.29) is 18.1 Å². The van der Waals surface area contributed by atoms with Crippen LogP contribution in [0.5, 0.6) is 0 Å². The normalized spacial score (nSPS) is 11.9. The summed E-state index contributed by atoms with van der Waals surface area (Å²) in [6, 6.07) is 5.35. The van der Waals surface area contributed by atoms with Gasteiger partial charge in [-0.25, -0.2) is 0 Å². The number of alkyl halides is 6. The van der Waals surface area contributed by atoms with Crippen LogP contribution in [0, 0.1) is 11.8 Å². The second-order valence-corrected chi connectivity index (χ2v) is 5.99. The molecule has 0 amide bonds. The largest absolute Gasteiger partial charge is 0.416 e. The molecule has 2 aromatic rings. The van der Waals surface area contributed by atoms with E-state index in [9.17, 15) is 26.3 Å². The standard InChI is InChI=1S/C17H12F6S/c18-16(19,20)13-9-12(10-14(11-13)17(21,22)23)5-2-1-3-6-15-7-4-8-24-15/h4,7-11H,1-2,5H2. The van der Waals surface area contributed by atoms with E-state index in [0.29, 0.717) is 12.8 Å². The van der Waals surface area contributed by atoms with E-state index in [1.807, 2.05) is 17.5 Å². The third kappa shape index (κ3) is 5.31. The molecule has 0 nitrogen and oxygen atoms in total. The average Bonchev–Trinajstić information content (AvgIpc) is 2.98. The molecule has 0 unspecified atom stereocenters. The second-order valence-electron chi connectivity index (χ2n) is 5.05. The zero-order valence-electron chi connectivity index (χ0n) is 12.3. The number of hydrogen-bond acceptors (Lipinski definition) is 1. The Balaban J connectivity index is 2.08. The molecule has 0 saturated carbocycles. The molecule has 0 bridgehead atoms. The molecule has 0 saturated heterocycles. The van der Waals surface area contributed by atoms with Crippen LogP contribution in [0.3, 0.4) is 0 Å². The van der Waals surface area contributed by atoms with Crippen LogP contribution in [0.25, 0.3) is 0 Å². The fourth-order valence-electron chi connectivity index (χ4n) is 2.04. The molecule has 1 heterocycles. The van der Waals surface area contributed by atoms with Gasteiger partial charge >= 0.3 is 12.4 Å². The third-order valence-corrected chi connectivity index (χ3v) is 3.93. The maximum absolute atomic E-state index is 12.7. The van der Waals surface area contributed by atoms with Gasteiger partial charge in [-0.2, -0.15) is 26.3 Å². The summed E-state index contributed by atoms with van der Waals surface area (Å²) in [6.07, 6.45) is -8.73. The van der Waals surface area contributed by atoms with Gasteiger partial charge in [0.15, 0.2) is 0 Å². The molecular weight excluding hydrogens is 350 g/mol. The summed E-state index contributed by atoms with van der Waals surface area (Å²) >= 11 is 1.46. The van der Waals surface area contributed by atoms with E-state index in [0.717, 1.165) is 17.0 Å². The van der Waals surface area contributed by atoms with Crippen LogP contribution >= 0.6 is 11.3 Å². The number of thiophene rings is 1. The highest BCUT2D eigenvalue weighted by atomic mass is 32.1. The Labute approximate surface area is 139 Å². The summed E-state index contributed by atoms with van der Waals surface area (Å²) in [5.41, 5.74) is -2.55. The van der Waals surface area contributed by atoms with Crippen molar-refractivity contribution >= 4 is 11.3 Å². The molecular formula is C17H12F6S. The number of halogens is 6. The Bertz CT molecular complexity index is 697. The number of hydrogen-bond donors (Lipinski definition) is 0. The second kappa shape index (κ2) is 7.31. The highest BCUT2D eigenvalue weighted by Crippen LogP contribution is 2.36. The maximum Gasteiger partial charge on any atom is 0.416 e. The van der Waals surface area contributed by atoms with Gasteiger partial charge in [-0.3, -0.25) is 0 Å². The van der Waals surface area contributed by atoms with Crippen molar-refractivity contribution in [2.24, 2.45) is 0 Å². The van der Waals surface area contributed by atoms with Crippen LogP contribution in [0.1, 0.15) is 34.4 Å². The van der Waals surface area contributed by atoms with Crippen LogP contribution in [0.2, 0.25) is 0 Å². The van der Waals surface area contributed by atoms with Crippen molar-refractivity contribution in [2.45, 2.75) is 31.6 Å². The van der Waals surface area contributed by atoms with E-state index in [1.165, 1.54) is 11.3 Å². The van der Waals surface area contributed by atoms with Crippen molar-refractivity contribution in [2.75, 3.05) is 0 Å². The predicted octanol–water partition coefficient (Wildman–Crippen LogP) is 6.16. The van der Waals surface area contributed by atoms with Gasteiger partial charge in [0.1, 0.15) is 0 Å². The van der Waals surface area contributed by atoms with Gasteiger partial charge < -0.3 is 0 Å². The van der Waals surface area contributed by atoms with Crippen molar-refractivity contribution in [3.05, 3.63) is 57.3 Å². The third-order valence-electron chi connectivity index (χ3n) is 3.15. The molecule has 0 N–H and O–H groups in total. The summed E-state index contributed by atoms with van der Waals surface area (Å²) in [6.45, 7) is 0. The lowest BCUT2D eigenvalue weighted by Gasteiger charge is -2.14. The van der Waals surface area contributed by atoms with Gasteiger partial charge in [0.05, 0.1) is 16.0 Å². The van der Waals surface area contributed by atoms with Gasteiger partial charge in [-0.1, -0.05) is 17.9 Å². The van der Waals surface area contributed by atoms with E-state index in [2.05, 4.69) is 11.8 Å². The monoisotopic (exact) mass is 362 g/mol. The molecule has 7 heteroatoms. The van der Waals surface area contributed by atoms with Gasteiger partial charge in [0.25, 0.3) is 0 Å². The van der Waals surface area contributed by atoms with Gasteiger partial charge in [0, 0.05) is 6.42 Å². The Morgan fingerprint density at radius 1 is 0.917 bits per heavy atom. The lowest BCUT2D eigenvalue weighted by Crippen LogP contribution is -2.11. The quantitative estimate of drug-likeness (QED) is 0.348. The lowest BCUT2D eigenvalue weighted by molar-refractivity contribution is -0.143. The minimum absolute atomic E-state index is 0.00933. The van der Waals surface area contributed by atoms with Crippen molar-refractivity contribution < 1.29 is 26.3 Å². The van der Waals surface area contributed by atoms with Crippen LogP contribution in [0.4, 0.5) is 26.3 Å².